The minimum atomic E-state index is 0.676. The van der Waals surface area contributed by atoms with Gasteiger partial charge in [-0.05, 0) is 140 Å². The molecule has 60 heavy (non-hydrogen) atoms. The lowest BCUT2D eigenvalue weighted by Gasteiger charge is -2.16. The monoisotopic (exact) mass is 766 g/mol. The summed E-state index contributed by atoms with van der Waals surface area (Å²) in [5.41, 5.74) is 18.8. The van der Waals surface area contributed by atoms with E-state index in [-0.39, 0.29) is 0 Å². The second kappa shape index (κ2) is 16.7. The highest BCUT2D eigenvalue weighted by atomic mass is 14.9. The normalized spacial score (nSPS) is 12.2. The van der Waals surface area contributed by atoms with Gasteiger partial charge in [0, 0.05) is 16.7 Å². The zero-order chi connectivity index (χ0) is 40.1. The highest BCUT2D eigenvalue weighted by molar-refractivity contribution is 5.86. The minimum absolute atomic E-state index is 0.676. The van der Waals surface area contributed by atoms with Crippen molar-refractivity contribution in [3.63, 3.8) is 0 Å². The van der Waals surface area contributed by atoms with Crippen LogP contribution in [0.1, 0.15) is 18.4 Å². The maximum Gasteiger partial charge on any atom is 0.160 e. The maximum absolute atomic E-state index is 5.51. The Balaban J connectivity index is 1.24. The summed E-state index contributed by atoms with van der Waals surface area (Å²) in [5.74, 6) is 0.676. The first-order valence-electron chi connectivity index (χ1n) is 20.7. The number of allylic oxidation sites excluding steroid dienone is 4. The molecule has 0 amide bonds. The van der Waals surface area contributed by atoms with Crippen LogP contribution in [0.15, 0.2) is 231 Å². The van der Waals surface area contributed by atoms with Crippen molar-refractivity contribution in [1.29, 1.82) is 0 Å². The fourth-order valence-corrected chi connectivity index (χ4v) is 8.19. The fraction of sp³-hybridized carbons (Fsp3) is 0.0345. The van der Waals surface area contributed by atoms with Crippen LogP contribution in [0.4, 0.5) is 0 Å². The fourth-order valence-electron chi connectivity index (χ4n) is 8.19. The summed E-state index contributed by atoms with van der Waals surface area (Å²) in [7, 11) is 0. The second-order valence-corrected chi connectivity index (χ2v) is 15.3. The number of nitrogens with zero attached hydrogens (tertiary/aromatic N) is 2. The van der Waals surface area contributed by atoms with Gasteiger partial charge in [0.25, 0.3) is 0 Å². The molecule has 0 saturated carbocycles. The molecule has 8 aromatic carbocycles. The third kappa shape index (κ3) is 7.92. The molecule has 0 atom stereocenters. The molecule has 10 rings (SSSR count). The van der Waals surface area contributed by atoms with Gasteiger partial charge in [0.2, 0.25) is 0 Å². The maximum atomic E-state index is 5.51. The van der Waals surface area contributed by atoms with Gasteiger partial charge in [0.05, 0.1) is 11.4 Å². The van der Waals surface area contributed by atoms with Gasteiger partial charge in [0.15, 0.2) is 5.82 Å². The average molecular weight is 767 g/mol. The van der Waals surface area contributed by atoms with E-state index in [1.807, 2.05) is 0 Å². The lowest BCUT2D eigenvalue weighted by atomic mass is 9.91. The summed E-state index contributed by atoms with van der Waals surface area (Å²) < 4.78 is 0. The molecular weight excluding hydrogens is 725 g/mol. The predicted molar refractivity (Wildman–Crippen MR) is 252 cm³/mol. The summed E-state index contributed by atoms with van der Waals surface area (Å²) in [6, 6.07) is 75.8. The van der Waals surface area contributed by atoms with Crippen LogP contribution in [-0.4, -0.2) is 9.97 Å². The summed E-state index contributed by atoms with van der Waals surface area (Å²) in [6.07, 6.45) is 8.71. The highest BCUT2D eigenvalue weighted by Gasteiger charge is 2.18. The first-order chi connectivity index (χ1) is 29.7. The molecule has 0 saturated heterocycles. The Bertz CT molecular complexity index is 2730. The van der Waals surface area contributed by atoms with Gasteiger partial charge in [-0.2, -0.15) is 0 Å². The van der Waals surface area contributed by atoms with E-state index in [1.165, 1.54) is 16.7 Å². The van der Waals surface area contributed by atoms with E-state index in [9.17, 15) is 0 Å². The number of hydrogen-bond acceptors (Lipinski definition) is 2. The summed E-state index contributed by atoms with van der Waals surface area (Å²) >= 11 is 0. The molecule has 0 N–H and O–H groups in total. The summed E-state index contributed by atoms with van der Waals surface area (Å²) in [5, 5.41) is 0. The van der Waals surface area contributed by atoms with Gasteiger partial charge < -0.3 is 0 Å². The van der Waals surface area contributed by atoms with Gasteiger partial charge in [0.1, 0.15) is 0 Å². The van der Waals surface area contributed by atoms with Crippen LogP contribution in [-0.2, 0) is 0 Å². The van der Waals surface area contributed by atoms with E-state index < -0.39 is 0 Å². The van der Waals surface area contributed by atoms with Crippen LogP contribution in [0.3, 0.4) is 0 Å². The van der Waals surface area contributed by atoms with Gasteiger partial charge in [-0.1, -0.05) is 170 Å². The van der Waals surface area contributed by atoms with Crippen molar-refractivity contribution in [1.82, 2.24) is 9.97 Å². The van der Waals surface area contributed by atoms with Crippen LogP contribution < -0.4 is 0 Å². The van der Waals surface area contributed by atoms with Crippen molar-refractivity contribution in [2.24, 2.45) is 0 Å². The predicted octanol–water partition coefficient (Wildman–Crippen LogP) is 15.5. The number of hydrogen-bond donors (Lipinski definition) is 0. The van der Waals surface area contributed by atoms with Crippen molar-refractivity contribution in [2.45, 2.75) is 12.8 Å². The minimum Gasteiger partial charge on any atom is -0.228 e. The van der Waals surface area contributed by atoms with Crippen molar-refractivity contribution in [3.05, 3.63) is 236 Å². The van der Waals surface area contributed by atoms with E-state index in [1.54, 1.807) is 0 Å². The quantitative estimate of drug-likeness (QED) is 0.146. The molecular formula is C58H42N2. The van der Waals surface area contributed by atoms with E-state index in [2.05, 4.69) is 231 Å². The topological polar surface area (TPSA) is 25.8 Å². The van der Waals surface area contributed by atoms with E-state index >= 15 is 0 Å². The molecule has 2 nitrogen and oxygen atoms in total. The Morgan fingerprint density at radius 1 is 0.283 bits per heavy atom. The largest absolute Gasteiger partial charge is 0.228 e. The lowest BCUT2D eigenvalue weighted by Crippen LogP contribution is -1.98. The first kappa shape index (κ1) is 36.6. The second-order valence-electron chi connectivity index (χ2n) is 15.3. The van der Waals surface area contributed by atoms with E-state index in [0.29, 0.717) is 5.82 Å². The SMILES string of the molecule is C1=CCCC(c2cc(-c3ccccc3)cc(-c3cc(-c4cc(-c5ccccc5)cc(-c5ccccc5)c4)nc(-c4cc(-c5ccccc5)cc(-c5ccccc5)c4)n3)c2)=C1. The van der Waals surface area contributed by atoms with Gasteiger partial charge in [-0.15, -0.1) is 0 Å². The van der Waals surface area contributed by atoms with Crippen LogP contribution in [0, 0.1) is 0 Å². The van der Waals surface area contributed by atoms with Crippen LogP contribution in [0.2, 0.25) is 0 Å². The van der Waals surface area contributed by atoms with E-state index in [4.69, 9.17) is 9.97 Å². The number of rotatable bonds is 9. The molecule has 1 heterocycles. The molecule has 0 aliphatic heterocycles. The smallest absolute Gasteiger partial charge is 0.160 e. The zero-order valence-corrected chi connectivity index (χ0v) is 33.2. The molecule has 0 bridgehead atoms. The third-order valence-corrected chi connectivity index (χ3v) is 11.3. The molecule has 0 unspecified atom stereocenters. The Morgan fingerprint density at radius 3 is 0.950 bits per heavy atom. The molecule has 2 heteroatoms. The molecule has 0 fully saturated rings. The lowest BCUT2D eigenvalue weighted by molar-refractivity contribution is 1.05. The van der Waals surface area contributed by atoms with Crippen LogP contribution in [0.5, 0.6) is 0 Å². The van der Waals surface area contributed by atoms with Gasteiger partial charge in [-0.3, -0.25) is 0 Å². The summed E-state index contributed by atoms with van der Waals surface area (Å²) in [6.45, 7) is 0. The molecule has 1 aliphatic rings. The molecule has 9 aromatic rings. The molecule has 1 aliphatic carbocycles. The molecule has 284 valence electrons. The Kier molecular flexibility index (Phi) is 10.2. The van der Waals surface area contributed by atoms with Gasteiger partial charge >= 0.3 is 0 Å². The van der Waals surface area contributed by atoms with Crippen LogP contribution >= 0.6 is 0 Å². The van der Waals surface area contributed by atoms with E-state index in [0.717, 1.165) is 91.0 Å². The Hall–Kier alpha value is -7.68. The molecule has 1 aromatic heterocycles. The van der Waals surface area contributed by atoms with Gasteiger partial charge in [-0.25, -0.2) is 9.97 Å². The van der Waals surface area contributed by atoms with Crippen molar-refractivity contribution in [2.75, 3.05) is 0 Å². The standard InChI is InChI=1S/C58H42N2/c1-7-19-41(20-8-1)47-31-48(42-21-9-2-10-22-42)35-53(34-47)56-40-57(54-36-49(43-23-11-3-12-24-43)32-50(37-54)44-25-13-4-14-26-44)60-58(59-56)55-38-51(45-27-15-5-16-28-45)33-52(39-55)46-29-17-6-18-30-46/h1-13,15-25,27-40H,14,26H2. The zero-order valence-electron chi connectivity index (χ0n) is 33.2. The Labute approximate surface area is 352 Å². The molecule has 0 spiro atoms. The van der Waals surface area contributed by atoms with Crippen molar-refractivity contribution < 1.29 is 0 Å². The Morgan fingerprint density at radius 2 is 0.600 bits per heavy atom. The van der Waals surface area contributed by atoms with Crippen molar-refractivity contribution >= 4 is 5.57 Å². The average Bonchev–Trinajstić information content (AvgIpc) is 3.35. The number of aromatic nitrogens is 2. The molecule has 0 radical (unpaired) electrons. The van der Waals surface area contributed by atoms with Crippen LogP contribution in [0.25, 0.3) is 95.1 Å². The highest BCUT2D eigenvalue weighted by Crippen LogP contribution is 2.39. The first-order valence-corrected chi connectivity index (χ1v) is 20.7. The number of benzene rings is 8. The van der Waals surface area contributed by atoms with Crippen molar-refractivity contribution in [3.8, 4) is 89.5 Å². The summed E-state index contributed by atoms with van der Waals surface area (Å²) in [4.78, 5) is 11.0. The third-order valence-electron chi connectivity index (χ3n) is 11.3.